The Morgan fingerprint density at radius 3 is 2.50 bits per heavy atom. The molecule has 2 rings (SSSR count). The number of hydrogen-bond donors (Lipinski definition) is 0. The topological polar surface area (TPSA) is 54.5 Å². The van der Waals surface area contributed by atoms with E-state index in [1.54, 1.807) is 24.3 Å². The fourth-order valence-corrected chi connectivity index (χ4v) is 2.23. The monoisotopic (exact) mass is 235 g/mol. The molecule has 0 atom stereocenters. The van der Waals surface area contributed by atoms with E-state index in [0.29, 0.717) is 29.0 Å². The van der Waals surface area contributed by atoms with Crippen LogP contribution in [0.25, 0.3) is 0 Å². The molecule has 0 bridgehead atoms. The third-order valence-electron chi connectivity index (χ3n) is 2.21. The molecule has 82 valence electrons. The molecule has 1 fully saturated rings. The summed E-state index contributed by atoms with van der Waals surface area (Å²) in [6.07, 6.45) is 0.692. The summed E-state index contributed by atoms with van der Waals surface area (Å²) in [6, 6.07) is 6.48. The van der Waals surface area contributed by atoms with Crippen LogP contribution in [-0.2, 0) is 9.59 Å². The van der Waals surface area contributed by atoms with Gasteiger partial charge in [-0.3, -0.25) is 14.4 Å². The van der Waals surface area contributed by atoms with E-state index in [2.05, 4.69) is 0 Å². The fraction of sp³-hybridized carbons (Fsp3) is 0.182. The van der Waals surface area contributed by atoms with Crippen LogP contribution in [0.5, 0.6) is 0 Å². The molecule has 5 heteroatoms. The predicted octanol–water partition coefficient (Wildman–Crippen LogP) is 1.11. The predicted molar refractivity (Wildman–Crippen MR) is 61.6 cm³/mol. The van der Waals surface area contributed by atoms with Crippen LogP contribution in [0, 0.1) is 0 Å². The summed E-state index contributed by atoms with van der Waals surface area (Å²) in [5.41, 5.74) is 0.927. The summed E-state index contributed by atoms with van der Waals surface area (Å²) in [4.78, 5) is 35.0. The van der Waals surface area contributed by atoms with Crippen molar-refractivity contribution < 1.29 is 14.4 Å². The number of carbonyl (C=O) groups is 3. The largest absolute Gasteiger partial charge is 0.298 e. The van der Waals surface area contributed by atoms with Crippen molar-refractivity contribution in [3.63, 3.8) is 0 Å². The van der Waals surface area contributed by atoms with Gasteiger partial charge in [-0.25, -0.2) is 4.90 Å². The number of rotatable bonds is 2. The second kappa shape index (κ2) is 4.49. The van der Waals surface area contributed by atoms with Gasteiger partial charge in [0.1, 0.15) is 6.29 Å². The first-order chi connectivity index (χ1) is 7.72. The van der Waals surface area contributed by atoms with Crippen LogP contribution in [0.15, 0.2) is 24.3 Å². The van der Waals surface area contributed by atoms with Crippen molar-refractivity contribution in [2.45, 2.75) is 0 Å². The van der Waals surface area contributed by atoms with Gasteiger partial charge in [0.2, 0.25) is 11.8 Å². The highest BCUT2D eigenvalue weighted by atomic mass is 32.2. The zero-order chi connectivity index (χ0) is 11.5. The molecule has 1 heterocycles. The van der Waals surface area contributed by atoms with Crippen molar-refractivity contribution in [3.8, 4) is 0 Å². The van der Waals surface area contributed by atoms with Crippen LogP contribution >= 0.6 is 11.8 Å². The Hall–Kier alpha value is -1.62. The van der Waals surface area contributed by atoms with Crippen LogP contribution in [0.2, 0.25) is 0 Å². The maximum atomic E-state index is 11.6. The highest BCUT2D eigenvalue weighted by molar-refractivity contribution is 8.00. The molecule has 0 unspecified atom stereocenters. The molecule has 0 aromatic heterocycles. The lowest BCUT2D eigenvalue weighted by Gasteiger charge is -2.24. The minimum absolute atomic E-state index is 0.232. The van der Waals surface area contributed by atoms with E-state index in [0.717, 1.165) is 4.90 Å². The molecule has 1 aromatic rings. The molecular formula is C11H9NO3S. The minimum atomic E-state index is -0.232. The van der Waals surface area contributed by atoms with Crippen molar-refractivity contribution >= 4 is 35.5 Å². The normalized spacial score (nSPS) is 16.4. The molecular weight excluding hydrogens is 226 g/mol. The van der Waals surface area contributed by atoms with Crippen LogP contribution in [0.1, 0.15) is 10.4 Å². The summed E-state index contributed by atoms with van der Waals surface area (Å²) in [6.45, 7) is 0. The van der Waals surface area contributed by atoms with E-state index >= 15 is 0 Å². The summed E-state index contributed by atoms with van der Waals surface area (Å²) < 4.78 is 0. The Kier molecular flexibility index (Phi) is 3.05. The third kappa shape index (κ3) is 1.99. The molecule has 1 aliphatic rings. The lowest BCUT2D eigenvalue weighted by Crippen LogP contribution is -2.43. The number of thioether (sulfide) groups is 1. The van der Waals surface area contributed by atoms with Gasteiger partial charge in [0.25, 0.3) is 0 Å². The highest BCUT2D eigenvalue weighted by Crippen LogP contribution is 2.21. The summed E-state index contributed by atoms with van der Waals surface area (Å²) >= 11 is 1.31. The lowest BCUT2D eigenvalue weighted by atomic mass is 10.2. The molecule has 16 heavy (non-hydrogen) atoms. The second-order valence-corrected chi connectivity index (χ2v) is 4.31. The Bertz CT molecular complexity index is 442. The van der Waals surface area contributed by atoms with Crippen molar-refractivity contribution in [1.29, 1.82) is 0 Å². The van der Waals surface area contributed by atoms with Crippen LogP contribution in [0.3, 0.4) is 0 Å². The van der Waals surface area contributed by atoms with Crippen molar-refractivity contribution in [2.24, 2.45) is 0 Å². The number of amides is 2. The Labute approximate surface area is 96.6 Å². The van der Waals surface area contributed by atoms with Gasteiger partial charge in [-0.05, 0) is 12.1 Å². The SMILES string of the molecule is O=Cc1cccc(N2C(=O)CSCC2=O)c1. The molecule has 0 radical (unpaired) electrons. The Morgan fingerprint density at radius 2 is 1.88 bits per heavy atom. The summed E-state index contributed by atoms with van der Waals surface area (Å²) in [5.74, 6) is 0.141. The molecule has 0 N–H and O–H groups in total. The first-order valence-electron chi connectivity index (χ1n) is 4.71. The highest BCUT2D eigenvalue weighted by Gasteiger charge is 2.27. The van der Waals surface area contributed by atoms with Crippen molar-refractivity contribution in [2.75, 3.05) is 16.4 Å². The average molecular weight is 235 g/mol. The van der Waals surface area contributed by atoms with E-state index in [9.17, 15) is 14.4 Å². The second-order valence-electron chi connectivity index (χ2n) is 3.33. The Morgan fingerprint density at radius 1 is 1.19 bits per heavy atom. The van der Waals surface area contributed by atoms with Gasteiger partial charge in [-0.15, -0.1) is 11.8 Å². The molecule has 1 saturated heterocycles. The lowest BCUT2D eigenvalue weighted by molar-refractivity contribution is -0.124. The van der Waals surface area contributed by atoms with Crippen LogP contribution in [-0.4, -0.2) is 29.6 Å². The van der Waals surface area contributed by atoms with Gasteiger partial charge >= 0.3 is 0 Å². The Balaban J connectivity index is 2.37. The summed E-state index contributed by atoms with van der Waals surface area (Å²) in [7, 11) is 0. The summed E-state index contributed by atoms with van der Waals surface area (Å²) in [5, 5.41) is 0. The van der Waals surface area contributed by atoms with Gasteiger partial charge in [0.15, 0.2) is 0 Å². The van der Waals surface area contributed by atoms with Crippen LogP contribution in [0.4, 0.5) is 5.69 Å². The first-order valence-corrected chi connectivity index (χ1v) is 5.86. The van der Waals surface area contributed by atoms with Gasteiger partial charge in [0, 0.05) is 5.56 Å². The number of benzene rings is 1. The third-order valence-corrected chi connectivity index (χ3v) is 3.12. The maximum Gasteiger partial charge on any atom is 0.243 e. The number of nitrogens with zero attached hydrogens (tertiary/aromatic N) is 1. The number of imide groups is 1. The molecule has 1 aromatic carbocycles. The zero-order valence-corrected chi connectivity index (χ0v) is 9.20. The molecule has 0 aliphatic carbocycles. The average Bonchev–Trinajstić information content (AvgIpc) is 2.29. The maximum absolute atomic E-state index is 11.6. The number of anilines is 1. The number of carbonyl (C=O) groups excluding carboxylic acids is 3. The van der Waals surface area contributed by atoms with Gasteiger partial charge in [0.05, 0.1) is 17.2 Å². The van der Waals surface area contributed by atoms with Gasteiger partial charge < -0.3 is 0 Å². The molecule has 2 amide bonds. The number of hydrogen-bond acceptors (Lipinski definition) is 4. The van der Waals surface area contributed by atoms with E-state index in [-0.39, 0.29) is 11.8 Å². The van der Waals surface area contributed by atoms with Gasteiger partial charge in [-0.2, -0.15) is 0 Å². The smallest absolute Gasteiger partial charge is 0.243 e. The van der Waals surface area contributed by atoms with Crippen molar-refractivity contribution in [1.82, 2.24) is 0 Å². The van der Waals surface area contributed by atoms with E-state index < -0.39 is 0 Å². The van der Waals surface area contributed by atoms with E-state index in [1.165, 1.54) is 11.8 Å². The number of aldehydes is 1. The van der Waals surface area contributed by atoms with Crippen LogP contribution < -0.4 is 4.90 Å². The molecule has 1 aliphatic heterocycles. The molecule has 4 nitrogen and oxygen atoms in total. The quantitative estimate of drug-likeness (QED) is 0.569. The first kappa shape index (κ1) is 10.9. The molecule has 0 spiro atoms. The van der Waals surface area contributed by atoms with Crippen molar-refractivity contribution in [3.05, 3.63) is 29.8 Å². The van der Waals surface area contributed by atoms with E-state index in [4.69, 9.17) is 0 Å². The van der Waals surface area contributed by atoms with Gasteiger partial charge in [-0.1, -0.05) is 12.1 Å². The fourth-order valence-electron chi connectivity index (χ4n) is 1.52. The molecule has 0 saturated carbocycles. The zero-order valence-electron chi connectivity index (χ0n) is 8.38. The van der Waals surface area contributed by atoms with E-state index in [1.807, 2.05) is 0 Å². The standard InChI is InChI=1S/C11H9NO3S/c13-5-8-2-1-3-9(4-8)12-10(14)6-16-7-11(12)15/h1-5H,6-7H2. The minimum Gasteiger partial charge on any atom is -0.298 e.